The summed E-state index contributed by atoms with van der Waals surface area (Å²) in [5.41, 5.74) is 16.8. The molecule has 116 valence electrons. The number of nitrogens with zero attached hydrogens (tertiary/aromatic N) is 3. The second kappa shape index (κ2) is 4.98. The topological polar surface area (TPSA) is 112 Å². The molecule has 7 heteroatoms. The summed E-state index contributed by atoms with van der Waals surface area (Å²) in [6.07, 6.45) is 1.74. The Balaban J connectivity index is 2.03. The molecule has 7 nitrogen and oxygen atoms in total. The SMILES string of the molecule is Cc1c(-c2nc(N)nc3cccc(N)c23)cnc2c1NCCO2. The molecule has 3 heterocycles. The van der Waals surface area contributed by atoms with Crippen LogP contribution in [-0.2, 0) is 0 Å². The highest BCUT2D eigenvalue weighted by Crippen LogP contribution is 2.38. The Labute approximate surface area is 132 Å². The Morgan fingerprint density at radius 1 is 1.22 bits per heavy atom. The summed E-state index contributed by atoms with van der Waals surface area (Å²) in [6, 6.07) is 5.55. The first-order chi connectivity index (χ1) is 11.1. The van der Waals surface area contributed by atoms with Crippen LogP contribution in [0, 0.1) is 6.92 Å². The molecule has 0 amide bonds. The minimum Gasteiger partial charge on any atom is -0.474 e. The smallest absolute Gasteiger partial charge is 0.237 e. The molecule has 0 atom stereocenters. The third-order valence-electron chi connectivity index (χ3n) is 3.97. The Bertz CT molecular complexity index is 924. The summed E-state index contributed by atoms with van der Waals surface area (Å²) in [4.78, 5) is 13.1. The van der Waals surface area contributed by atoms with Crippen LogP contribution >= 0.6 is 0 Å². The van der Waals surface area contributed by atoms with Gasteiger partial charge >= 0.3 is 0 Å². The van der Waals surface area contributed by atoms with E-state index in [1.165, 1.54) is 0 Å². The molecule has 3 aromatic rings. The molecule has 0 spiro atoms. The summed E-state index contributed by atoms with van der Waals surface area (Å²) in [6.45, 7) is 3.35. The van der Waals surface area contributed by atoms with Crippen molar-refractivity contribution in [3.05, 3.63) is 30.0 Å². The number of hydrogen-bond donors (Lipinski definition) is 3. The number of hydrogen-bond acceptors (Lipinski definition) is 7. The van der Waals surface area contributed by atoms with Crippen LogP contribution in [0.3, 0.4) is 0 Å². The molecule has 0 unspecified atom stereocenters. The minimum absolute atomic E-state index is 0.208. The van der Waals surface area contributed by atoms with Crippen molar-refractivity contribution in [2.45, 2.75) is 6.92 Å². The number of fused-ring (bicyclic) bond motifs is 2. The molecule has 1 aromatic carbocycles. The van der Waals surface area contributed by atoms with E-state index >= 15 is 0 Å². The number of anilines is 3. The molecule has 0 radical (unpaired) electrons. The van der Waals surface area contributed by atoms with E-state index in [1.807, 2.05) is 25.1 Å². The molecule has 1 aliphatic rings. The average Bonchev–Trinajstić information content (AvgIpc) is 2.55. The number of benzene rings is 1. The number of ether oxygens (including phenoxy) is 1. The van der Waals surface area contributed by atoms with Crippen LogP contribution in [0.15, 0.2) is 24.4 Å². The van der Waals surface area contributed by atoms with Gasteiger partial charge in [0.05, 0.1) is 11.2 Å². The molecule has 0 fully saturated rings. The summed E-state index contributed by atoms with van der Waals surface area (Å²) >= 11 is 0. The first kappa shape index (κ1) is 13.6. The standard InChI is InChI=1S/C16H16N6O/c1-8-9(7-20-15-13(8)19-5-6-23-15)14-12-10(17)3-2-4-11(12)21-16(18)22-14/h2-4,7,19H,5-6,17H2,1H3,(H2,18,21,22). The van der Waals surface area contributed by atoms with E-state index < -0.39 is 0 Å². The van der Waals surface area contributed by atoms with E-state index in [-0.39, 0.29) is 5.95 Å². The zero-order valence-electron chi connectivity index (χ0n) is 12.6. The predicted molar refractivity (Wildman–Crippen MR) is 90.3 cm³/mol. The predicted octanol–water partition coefficient (Wildman–Crippen LogP) is 1.97. The van der Waals surface area contributed by atoms with Crippen molar-refractivity contribution >= 4 is 28.2 Å². The minimum atomic E-state index is 0.208. The van der Waals surface area contributed by atoms with Gasteiger partial charge in [0.1, 0.15) is 12.3 Å². The lowest BCUT2D eigenvalue weighted by Gasteiger charge is -2.21. The van der Waals surface area contributed by atoms with Gasteiger partial charge < -0.3 is 21.5 Å². The Hall–Kier alpha value is -3.09. The highest BCUT2D eigenvalue weighted by atomic mass is 16.5. The maximum atomic E-state index is 6.15. The molecule has 23 heavy (non-hydrogen) atoms. The van der Waals surface area contributed by atoms with Crippen molar-refractivity contribution in [3.63, 3.8) is 0 Å². The highest BCUT2D eigenvalue weighted by Gasteiger charge is 2.20. The van der Waals surface area contributed by atoms with E-state index in [0.717, 1.165) is 28.7 Å². The second-order valence-electron chi connectivity index (χ2n) is 5.42. The molecule has 2 aromatic heterocycles. The number of nitrogen functional groups attached to an aromatic ring is 2. The van der Waals surface area contributed by atoms with Gasteiger partial charge in [-0.1, -0.05) is 6.07 Å². The van der Waals surface area contributed by atoms with E-state index in [0.29, 0.717) is 29.4 Å². The summed E-state index contributed by atoms with van der Waals surface area (Å²) in [5.74, 6) is 0.816. The Morgan fingerprint density at radius 3 is 2.96 bits per heavy atom. The second-order valence-corrected chi connectivity index (χ2v) is 5.42. The van der Waals surface area contributed by atoms with Crippen LogP contribution < -0.4 is 21.5 Å². The Morgan fingerprint density at radius 2 is 2.09 bits per heavy atom. The quantitative estimate of drug-likeness (QED) is 0.589. The number of nitrogens with two attached hydrogens (primary N) is 2. The van der Waals surface area contributed by atoms with Gasteiger partial charge in [0, 0.05) is 29.4 Å². The average molecular weight is 308 g/mol. The van der Waals surface area contributed by atoms with Crippen molar-refractivity contribution in [1.82, 2.24) is 15.0 Å². The van der Waals surface area contributed by atoms with Gasteiger partial charge in [-0.25, -0.2) is 15.0 Å². The van der Waals surface area contributed by atoms with Crippen LogP contribution in [0.2, 0.25) is 0 Å². The normalized spacial score (nSPS) is 13.3. The number of pyridine rings is 1. The van der Waals surface area contributed by atoms with E-state index in [1.54, 1.807) is 6.20 Å². The first-order valence-electron chi connectivity index (χ1n) is 7.33. The molecule has 0 aliphatic carbocycles. The third-order valence-corrected chi connectivity index (χ3v) is 3.97. The van der Waals surface area contributed by atoms with Crippen molar-refractivity contribution in [2.24, 2.45) is 0 Å². The lowest BCUT2D eigenvalue weighted by atomic mass is 10.0. The van der Waals surface area contributed by atoms with Gasteiger partial charge in [0.2, 0.25) is 11.8 Å². The fourth-order valence-corrected chi connectivity index (χ4v) is 2.88. The number of rotatable bonds is 1. The zero-order valence-corrected chi connectivity index (χ0v) is 12.6. The fourth-order valence-electron chi connectivity index (χ4n) is 2.88. The molecule has 1 aliphatic heterocycles. The summed E-state index contributed by atoms with van der Waals surface area (Å²) < 4.78 is 5.57. The van der Waals surface area contributed by atoms with Gasteiger partial charge in [-0.2, -0.15) is 0 Å². The lowest BCUT2D eigenvalue weighted by molar-refractivity contribution is 0.310. The molecule has 0 bridgehead atoms. The fraction of sp³-hybridized carbons (Fsp3) is 0.188. The lowest BCUT2D eigenvalue weighted by Crippen LogP contribution is -2.20. The van der Waals surface area contributed by atoms with Crippen LogP contribution in [0.1, 0.15) is 5.56 Å². The summed E-state index contributed by atoms with van der Waals surface area (Å²) in [7, 11) is 0. The van der Waals surface area contributed by atoms with Crippen LogP contribution in [0.25, 0.3) is 22.2 Å². The van der Waals surface area contributed by atoms with Crippen molar-refractivity contribution in [1.29, 1.82) is 0 Å². The van der Waals surface area contributed by atoms with Crippen LogP contribution in [-0.4, -0.2) is 28.1 Å². The monoisotopic (exact) mass is 308 g/mol. The van der Waals surface area contributed by atoms with Gasteiger partial charge in [-0.15, -0.1) is 0 Å². The van der Waals surface area contributed by atoms with Gasteiger partial charge in [0.15, 0.2) is 0 Å². The van der Waals surface area contributed by atoms with Crippen molar-refractivity contribution in [2.75, 3.05) is 29.9 Å². The van der Waals surface area contributed by atoms with E-state index in [9.17, 15) is 0 Å². The summed E-state index contributed by atoms with van der Waals surface area (Å²) in [5, 5.41) is 4.11. The maximum Gasteiger partial charge on any atom is 0.237 e. The molecular formula is C16H16N6O. The van der Waals surface area contributed by atoms with Crippen molar-refractivity contribution < 1.29 is 4.74 Å². The molecule has 0 saturated carbocycles. The van der Waals surface area contributed by atoms with E-state index in [4.69, 9.17) is 16.2 Å². The van der Waals surface area contributed by atoms with Crippen molar-refractivity contribution in [3.8, 4) is 17.1 Å². The highest BCUT2D eigenvalue weighted by molar-refractivity contribution is 6.02. The number of nitrogens with one attached hydrogen (secondary N) is 1. The van der Waals surface area contributed by atoms with Gasteiger partial charge in [0.25, 0.3) is 0 Å². The van der Waals surface area contributed by atoms with Crippen LogP contribution in [0.5, 0.6) is 5.88 Å². The first-order valence-corrected chi connectivity index (χ1v) is 7.33. The maximum absolute atomic E-state index is 6.15. The molecular weight excluding hydrogens is 292 g/mol. The third kappa shape index (κ3) is 2.09. The van der Waals surface area contributed by atoms with Gasteiger partial charge in [-0.3, -0.25) is 0 Å². The Kier molecular flexibility index (Phi) is 2.94. The molecule has 4 rings (SSSR count). The number of aromatic nitrogens is 3. The largest absolute Gasteiger partial charge is 0.474 e. The molecule has 5 N–H and O–H groups in total. The van der Waals surface area contributed by atoms with E-state index in [2.05, 4.69) is 20.3 Å². The van der Waals surface area contributed by atoms with Gasteiger partial charge in [-0.05, 0) is 24.6 Å². The molecule has 0 saturated heterocycles. The zero-order chi connectivity index (χ0) is 16.0. The van der Waals surface area contributed by atoms with Crippen LogP contribution in [0.4, 0.5) is 17.3 Å².